The third-order valence-corrected chi connectivity index (χ3v) is 2.91. The molecule has 3 nitrogen and oxygen atoms in total. The van der Waals surface area contributed by atoms with Crippen LogP contribution in [0.1, 0.15) is 24.5 Å². The van der Waals surface area contributed by atoms with Gasteiger partial charge in [0.2, 0.25) is 0 Å². The summed E-state index contributed by atoms with van der Waals surface area (Å²) in [5, 5.41) is 9.95. The number of aliphatic hydroxyl groups excluding tert-OH is 1. The molecule has 1 aromatic rings. The Morgan fingerprint density at radius 3 is 2.83 bits per heavy atom. The zero-order valence-corrected chi connectivity index (χ0v) is 11.1. The Hall–Kier alpha value is -0.970. The second kappa shape index (κ2) is 8.19. The smallest absolute Gasteiger partial charge is 0.123 e. The molecule has 0 aliphatic heterocycles. The van der Waals surface area contributed by atoms with Crippen molar-refractivity contribution in [2.24, 2.45) is 0 Å². The maximum Gasteiger partial charge on any atom is 0.123 e. The lowest BCUT2D eigenvalue weighted by Gasteiger charge is -2.18. The minimum atomic E-state index is -0.606. The van der Waals surface area contributed by atoms with E-state index < -0.39 is 6.10 Å². The molecule has 0 amide bonds. The van der Waals surface area contributed by atoms with Gasteiger partial charge in [0.25, 0.3) is 0 Å². The van der Waals surface area contributed by atoms with Crippen molar-refractivity contribution in [3.05, 3.63) is 35.6 Å². The minimum absolute atomic E-state index is 0.306. The molecule has 1 aromatic carbocycles. The average Bonchev–Trinajstić information content (AvgIpc) is 2.36. The van der Waals surface area contributed by atoms with Crippen molar-refractivity contribution in [1.82, 2.24) is 4.90 Å². The van der Waals surface area contributed by atoms with Gasteiger partial charge in [-0.15, -0.1) is 0 Å². The van der Waals surface area contributed by atoms with E-state index in [2.05, 4.69) is 4.90 Å². The molecule has 0 aromatic heterocycles. The lowest BCUT2D eigenvalue weighted by molar-refractivity contribution is 0.141. The van der Waals surface area contributed by atoms with Gasteiger partial charge in [-0.25, -0.2) is 4.39 Å². The Bertz CT molecular complexity index is 346. The number of hydrogen-bond donors (Lipinski definition) is 1. The van der Waals surface area contributed by atoms with Gasteiger partial charge in [0, 0.05) is 26.8 Å². The van der Waals surface area contributed by atoms with Crippen molar-refractivity contribution in [2.45, 2.75) is 18.9 Å². The predicted octanol–water partition coefficient (Wildman–Crippen LogP) is 2.22. The molecule has 4 heteroatoms. The van der Waals surface area contributed by atoms with E-state index in [-0.39, 0.29) is 5.82 Å². The molecule has 0 saturated carbocycles. The Morgan fingerprint density at radius 2 is 2.17 bits per heavy atom. The van der Waals surface area contributed by atoms with Gasteiger partial charge in [0.05, 0.1) is 6.10 Å². The van der Waals surface area contributed by atoms with Gasteiger partial charge in [-0.2, -0.15) is 0 Å². The van der Waals surface area contributed by atoms with Crippen molar-refractivity contribution >= 4 is 0 Å². The van der Waals surface area contributed by atoms with Gasteiger partial charge < -0.3 is 14.7 Å². The lowest BCUT2D eigenvalue weighted by atomic mass is 10.1. The van der Waals surface area contributed by atoms with Crippen LogP contribution in [0.25, 0.3) is 0 Å². The van der Waals surface area contributed by atoms with Crippen molar-refractivity contribution in [1.29, 1.82) is 0 Å². The van der Waals surface area contributed by atoms with Crippen LogP contribution in [0.2, 0.25) is 0 Å². The summed E-state index contributed by atoms with van der Waals surface area (Å²) in [6.07, 6.45) is 0.973. The molecule has 0 aliphatic rings. The Kier molecular flexibility index (Phi) is 6.86. The molecule has 102 valence electrons. The number of rotatable bonds is 8. The maximum absolute atomic E-state index is 13.0. The molecule has 1 N–H and O–H groups in total. The van der Waals surface area contributed by atoms with Crippen LogP contribution in [0.5, 0.6) is 0 Å². The van der Waals surface area contributed by atoms with E-state index in [9.17, 15) is 9.50 Å². The first-order chi connectivity index (χ1) is 8.63. The van der Waals surface area contributed by atoms with Crippen LogP contribution in [-0.2, 0) is 4.74 Å². The van der Waals surface area contributed by atoms with E-state index in [1.807, 2.05) is 7.05 Å². The number of ether oxygens (including phenoxy) is 1. The summed E-state index contributed by atoms with van der Waals surface area (Å²) in [6, 6.07) is 6.14. The minimum Gasteiger partial charge on any atom is -0.388 e. The SMILES string of the molecule is COCCCN(C)CCC(O)c1cccc(F)c1. The molecular formula is C14H22FNO2. The van der Waals surface area contributed by atoms with Crippen LogP contribution in [-0.4, -0.2) is 43.9 Å². The number of halogens is 1. The van der Waals surface area contributed by atoms with E-state index in [0.29, 0.717) is 12.0 Å². The lowest BCUT2D eigenvalue weighted by Crippen LogP contribution is -2.23. The summed E-state index contributed by atoms with van der Waals surface area (Å²) in [5.41, 5.74) is 0.639. The third-order valence-electron chi connectivity index (χ3n) is 2.91. The van der Waals surface area contributed by atoms with Crippen LogP contribution in [0, 0.1) is 5.82 Å². The van der Waals surface area contributed by atoms with Gasteiger partial charge >= 0.3 is 0 Å². The van der Waals surface area contributed by atoms with E-state index >= 15 is 0 Å². The molecule has 0 heterocycles. The molecule has 1 atom stereocenters. The predicted molar refractivity (Wildman–Crippen MR) is 70.0 cm³/mol. The molecule has 0 fully saturated rings. The Balaban J connectivity index is 2.30. The highest BCUT2D eigenvalue weighted by Crippen LogP contribution is 2.17. The van der Waals surface area contributed by atoms with Crippen LogP contribution < -0.4 is 0 Å². The molecule has 0 saturated heterocycles. The van der Waals surface area contributed by atoms with Gasteiger partial charge in [-0.1, -0.05) is 12.1 Å². The fourth-order valence-corrected chi connectivity index (χ4v) is 1.81. The normalized spacial score (nSPS) is 12.9. The monoisotopic (exact) mass is 255 g/mol. The molecule has 0 radical (unpaired) electrons. The third kappa shape index (κ3) is 5.58. The van der Waals surface area contributed by atoms with Crippen LogP contribution in [0.15, 0.2) is 24.3 Å². The Labute approximate surface area is 108 Å². The van der Waals surface area contributed by atoms with E-state index in [1.54, 1.807) is 19.2 Å². The first-order valence-electron chi connectivity index (χ1n) is 6.24. The van der Waals surface area contributed by atoms with Crippen molar-refractivity contribution in [2.75, 3.05) is 33.9 Å². The van der Waals surface area contributed by atoms with E-state index in [1.165, 1.54) is 12.1 Å². The molecule has 1 rings (SSSR count). The maximum atomic E-state index is 13.0. The molecule has 0 aliphatic carbocycles. The number of aliphatic hydroxyl groups is 1. The number of benzene rings is 1. The van der Waals surface area contributed by atoms with Gasteiger partial charge in [0.1, 0.15) is 5.82 Å². The zero-order chi connectivity index (χ0) is 13.4. The average molecular weight is 255 g/mol. The first kappa shape index (κ1) is 15.1. The topological polar surface area (TPSA) is 32.7 Å². The van der Waals surface area contributed by atoms with Gasteiger partial charge in [-0.3, -0.25) is 0 Å². The van der Waals surface area contributed by atoms with Crippen LogP contribution >= 0.6 is 0 Å². The summed E-state index contributed by atoms with van der Waals surface area (Å²) in [7, 11) is 3.70. The molecule has 0 spiro atoms. The van der Waals surface area contributed by atoms with Crippen molar-refractivity contribution < 1.29 is 14.2 Å². The van der Waals surface area contributed by atoms with Gasteiger partial charge in [-0.05, 0) is 37.6 Å². The fraction of sp³-hybridized carbons (Fsp3) is 0.571. The number of methoxy groups -OCH3 is 1. The summed E-state index contributed by atoms with van der Waals surface area (Å²) in [5.74, 6) is -0.306. The van der Waals surface area contributed by atoms with Crippen molar-refractivity contribution in [3.63, 3.8) is 0 Å². The van der Waals surface area contributed by atoms with E-state index in [0.717, 1.165) is 26.1 Å². The summed E-state index contributed by atoms with van der Waals surface area (Å²) in [6.45, 7) is 2.46. The summed E-state index contributed by atoms with van der Waals surface area (Å²) < 4.78 is 18.0. The summed E-state index contributed by atoms with van der Waals surface area (Å²) >= 11 is 0. The van der Waals surface area contributed by atoms with E-state index in [4.69, 9.17) is 4.74 Å². The molecule has 18 heavy (non-hydrogen) atoms. The van der Waals surface area contributed by atoms with Crippen LogP contribution in [0.3, 0.4) is 0 Å². The summed E-state index contributed by atoms with van der Waals surface area (Å²) in [4.78, 5) is 2.14. The second-order valence-electron chi connectivity index (χ2n) is 4.51. The highest BCUT2D eigenvalue weighted by molar-refractivity contribution is 5.18. The fourth-order valence-electron chi connectivity index (χ4n) is 1.81. The highest BCUT2D eigenvalue weighted by atomic mass is 19.1. The number of hydrogen-bond acceptors (Lipinski definition) is 3. The zero-order valence-electron chi connectivity index (χ0n) is 11.1. The standard InChI is InChI=1S/C14H22FNO2/c1-16(8-4-10-18-2)9-7-14(17)12-5-3-6-13(15)11-12/h3,5-6,11,14,17H,4,7-10H2,1-2H3. The molecule has 1 unspecified atom stereocenters. The number of nitrogens with zero attached hydrogens (tertiary/aromatic N) is 1. The highest BCUT2D eigenvalue weighted by Gasteiger charge is 2.09. The Morgan fingerprint density at radius 1 is 1.39 bits per heavy atom. The van der Waals surface area contributed by atoms with Crippen LogP contribution in [0.4, 0.5) is 4.39 Å². The van der Waals surface area contributed by atoms with Gasteiger partial charge in [0.15, 0.2) is 0 Å². The van der Waals surface area contributed by atoms with Crippen molar-refractivity contribution in [3.8, 4) is 0 Å². The second-order valence-corrected chi connectivity index (χ2v) is 4.51. The first-order valence-corrected chi connectivity index (χ1v) is 6.24. The quantitative estimate of drug-likeness (QED) is 0.723. The largest absolute Gasteiger partial charge is 0.388 e. The molecule has 0 bridgehead atoms. The molecular weight excluding hydrogens is 233 g/mol.